The second kappa shape index (κ2) is 7.00. The van der Waals surface area contributed by atoms with Crippen LogP contribution in [0.4, 0.5) is 0 Å². The first-order valence-corrected chi connectivity index (χ1v) is 8.84. The maximum Gasteiger partial charge on any atom is 0.257 e. The van der Waals surface area contributed by atoms with Crippen molar-refractivity contribution in [3.05, 3.63) is 21.8 Å². The van der Waals surface area contributed by atoms with Crippen molar-refractivity contribution in [2.75, 3.05) is 20.1 Å². The first-order chi connectivity index (χ1) is 10.3. The van der Waals surface area contributed by atoms with Crippen LogP contribution in [0.1, 0.15) is 25.2 Å². The number of aromatic nitrogens is 2. The smallest absolute Gasteiger partial charge is 0.257 e. The number of hydrogen-bond donors (Lipinski definition) is 1. The molecule has 0 aromatic carbocycles. The third-order valence-corrected chi connectivity index (χ3v) is 5.39. The van der Waals surface area contributed by atoms with Crippen LogP contribution in [0.15, 0.2) is 20.3 Å². The van der Waals surface area contributed by atoms with Gasteiger partial charge in [0, 0.05) is 12.6 Å². The summed E-state index contributed by atoms with van der Waals surface area (Å²) in [6.07, 6.45) is 3.79. The monoisotopic (exact) mass is 370 g/mol. The van der Waals surface area contributed by atoms with Gasteiger partial charge >= 0.3 is 0 Å². The van der Waals surface area contributed by atoms with Crippen molar-refractivity contribution < 1.29 is 4.42 Å². The Bertz CT molecular complexity index is 583. The molecule has 0 radical (unpaired) electrons. The number of thiophene rings is 1. The van der Waals surface area contributed by atoms with Crippen molar-refractivity contribution in [2.45, 2.75) is 31.8 Å². The average Bonchev–Trinajstić information content (AvgIpc) is 3.10. The molecule has 0 saturated carbocycles. The van der Waals surface area contributed by atoms with E-state index in [2.05, 4.69) is 36.3 Å². The van der Waals surface area contributed by atoms with Crippen LogP contribution in [0, 0.1) is 0 Å². The molecule has 21 heavy (non-hydrogen) atoms. The minimum absolute atomic E-state index is 0.565. The third-order valence-electron chi connectivity index (χ3n) is 3.78. The number of nitrogens with one attached hydrogen (secondary N) is 1. The lowest BCUT2D eigenvalue weighted by Crippen LogP contribution is -2.44. The molecule has 3 rings (SSSR count). The molecule has 2 aromatic rings. The van der Waals surface area contributed by atoms with E-state index in [0.29, 0.717) is 17.8 Å². The van der Waals surface area contributed by atoms with Crippen molar-refractivity contribution in [3.63, 3.8) is 0 Å². The van der Waals surface area contributed by atoms with E-state index in [1.54, 1.807) is 11.3 Å². The molecule has 0 bridgehead atoms. The standard InChI is InChI=1S/C14H19BrN4OS/c1-16-8-10-4-2-3-7-19(10)9-13-17-18-14(20-13)11-5-6-12(15)21-11/h5-6,10,16H,2-4,7-9H2,1H3. The molecule has 1 aliphatic heterocycles. The highest BCUT2D eigenvalue weighted by Crippen LogP contribution is 2.30. The van der Waals surface area contributed by atoms with Crippen molar-refractivity contribution in [2.24, 2.45) is 0 Å². The van der Waals surface area contributed by atoms with Crippen LogP contribution in [-0.2, 0) is 6.54 Å². The largest absolute Gasteiger partial charge is 0.419 e. The first-order valence-electron chi connectivity index (χ1n) is 7.23. The van der Waals surface area contributed by atoms with Gasteiger partial charge in [0.05, 0.1) is 15.2 Å². The van der Waals surface area contributed by atoms with E-state index in [9.17, 15) is 0 Å². The van der Waals surface area contributed by atoms with Gasteiger partial charge in [0.15, 0.2) is 0 Å². The van der Waals surface area contributed by atoms with Gasteiger partial charge in [-0.05, 0) is 54.5 Å². The van der Waals surface area contributed by atoms with E-state index >= 15 is 0 Å². The summed E-state index contributed by atoms with van der Waals surface area (Å²) in [6.45, 7) is 2.86. The minimum atomic E-state index is 0.565. The summed E-state index contributed by atoms with van der Waals surface area (Å²) < 4.78 is 6.89. The molecule has 1 atom stereocenters. The molecule has 1 N–H and O–H groups in total. The van der Waals surface area contributed by atoms with E-state index in [0.717, 1.165) is 28.3 Å². The molecular weight excluding hydrogens is 352 g/mol. The molecule has 1 aliphatic rings. The lowest BCUT2D eigenvalue weighted by molar-refractivity contribution is 0.127. The Kier molecular flexibility index (Phi) is 5.05. The van der Waals surface area contributed by atoms with E-state index in [-0.39, 0.29) is 0 Å². The molecule has 1 fully saturated rings. The van der Waals surface area contributed by atoms with Crippen LogP contribution in [0.3, 0.4) is 0 Å². The Morgan fingerprint density at radius 2 is 2.33 bits per heavy atom. The average molecular weight is 371 g/mol. The predicted octanol–water partition coefficient (Wildman–Crippen LogP) is 3.13. The van der Waals surface area contributed by atoms with Crippen LogP contribution >= 0.6 is 27.3 Å². The zero-order valence-electron chi connectivity index (χ0n) is 12.0. The SMILES string of the molecule is CNCC1CCCCN1Cc1nnc(-c2ccc(Br)s2)o1. The molecule has 1 unspecified atom stereocenters. The third kappa shape index (κ3) is 3.71. The van der Waals surface area contributed by atoms with Crippen molar-refractivity contribution in [1.82, 2.24) is 20.4 Å². The van der Waals surface area contributed by atoms with Gasteiger partial charge in [-0.15, -0.1) is 21.5 Å². The highest BCUT2D eigenvalue weighted by atomic mass is 79.9. The van der Waals surface area contributed by atoms with Crippen molar-refractivity contribution in [1.29, 1.82) is 0 Å². The van der Waals surface area contributed by atoms with Crippen LogP contribution in [0.5, 0.6) is 0 Å². The van der Waals surface area contributed by atoms with Gasteiger partial charge in [0.25, 0.3) is 5.89 Å². The van der Waals surface area contributed by atoms with Crippen molar-refractivity contribution in [3.8, 4) is 10.8 Å². The maximum atomic E-state index is 5.82. The molecule has 1 saturated heterocycles. The number of likely N-dealkylation sites (N-methyl/N-ethyl adjacent to an activating group) is 1. The molecule has 0 spiro atoms. The Labute approximate surface area is 136 Å². The summed E-state index contributed by atoms with van der Waals surface area (Å²) >= 11 is 5.06. The summed E-state index contributed by atoms with van der Waals surface area (Å²) in [4.78, 5) is 3.45. The number of piperidine rings is 1. The fraction of sp³-hybridized carbons (Fsp3) is 0.571. The molecule has 0 aliphatic carbocycles. The maximum absolute atomic E-state index is 5.82. The van der Waals surface area contributed by atoms with Crippen molar-refractivity contribution >= 4 is 27.3 Å². The Hall–Kier alpha value is -0.760. The minimum Gasteiger partial charge on any atom is -0.419 e. The number of halogens is 1. The molecule has 0 amide bonds. The quantitative estimate of drug-likeness (QED) is 0.875. The summed E-state index contributed by atoms with van der Waals surface area (Å²) in [7, 11) is 2.01. The van der Waals surface area contributed by atoms with Gasteiger partial charge < -0.3 is 9.73 Å². The summed E-state index contributed by atoms with van der Waals surface area (Å²) in [6, 6.07) is 4.56. The van der Waals surface area contributed by atoms with Crippen LogP contribution < -0.4 is 5.32 Å². The summed E-state index contributed by atoms with van der Waals surface area (Å²) in [5.41, 5.74) is 0. The normalized spacial score (nSPS) is 20.0. The van der Waals surface area contributed by atoms with Gasteiger partial charge in [-0.1, -0.05) is 6.42 Å². The highest BCUT2D eigenvalue weighted by molar-refractivity contribution is 9.11. The van der Waals surface area contributed by atoms with Gasteiger partial charge in [-0.3, -0.25) is 4.90 Å². The highest BCUT2D eigenvalue weighted by Gasteiger charge is 2.23. The van der Waals surface area contributed by atoms with Crippen LogP contribution in [0.25, 0.3) is 10.8 Å². The Morgan fingerprint density at radius 3 is 3.10 bits per heavy atom. The van der Waals surface area contributed by atoms with Gasteiger partial charge in [-0.25, -0.2) is 0 Å². The summed E-state index contributed by atoms with van der Waals surface area (Å²) in [5, 5.41) is 11.6. The fourth-order valence-corrected chi connectivity index (χ4v) is 4.06. The second-order valence-electron chi connectivity index (χ2n) is 5.28. The Balaban J connectivity index is 1.68. The lowest BCUT2D eigenvalue weighted by Gasteiger charge is -2.34. The molecule has 3 heterocycles. The van der Waals surface area contributed by atoms with Gasteiger partial charge in [0.1, 0.15) is 0 Å². The number of hydrogen-bond acceptors (Lipinski definition) is 6. The predicted molar refractivity (Wildman–Crippen MR) is 87.3 cm³/mol. The number of likely N-dealkylation sites (tertiary alicyclic amines) is 1. The van der Waals surface area contributed by atoms with E-state index in [1.807, 2.05) is 19.2 Å². The van der Waals surface area contributed by atoms with E-state index in [1.165, 1.54) is 19.3 Å². The lowest BCUT2D eigenvalue weighted by atomic mass is 10.0. The van der Waals surface area contributed by atoms with Crippen LogP contribution in [0.2, 0.25) is 0 Å². The van der Waals surface area contributed by atoms with E-state index in [4.69, 9.17) is 4.42 Å². The Morgan fingerprint density at radius 1 is 1.43 bits per heavy atom. The molecule has 2 aromatic heterocycles. The molecule has 5 nitrogen and oxygen atoms in total. The topological polar surface area (TPSA) is 54.2 Å². The number of nitrogens with zero attached hydrogens (tertiary/aromatic N) is 3. The fourth-order valence-electron chi connectivity index (χ4n) is 2.75. The first kappa shape index (κ1) is 15.1. The van der Waals surface area contributed by atoms with Gasteiger partial charge in [0.2, 0.25) is 5.89 Å². The summed E-state index contributed by atoms with van der Waals surface area (Å²) in [5.74, 6) is 1.32. The molecule has 7 heteroatoms. The second-order valence-corrected chi connectivity index (χ2v) is 7.75. The van der Waals surface area contributed by atoms with Gasteiger partial charge in [-0.2, -0.15) is 0 Å². The zero-order valence-corrected chi connectivity index (χ0v) is 14.4. The van der Waals surface area contributed by atoms with E-state index < -0.39 is 0 Å². The molecule has 114 valence electrons. The zero-order chi connectivity index (χ0) is 14.7. The number of rotatable bonds is 5. The molecular formula is C14H19BrN4OS. The van der Waals surface area contributed by atoms with Crippen LogP contribution in [-0.4, -0.2) is 41.3 Å².